The lowest BCUT2D eigenvalue weighted by Gasteiger charge is -2.32. The van der Waals surface area contributed by atoms with Crippen LogP contribution in [0.15, 0.2) is 60.7 Å². The number of fused-ring (bicyclic) bond motifs is 1. The molecule has 0 heterocycles. The van der Waals surface area contributed by atoms with Crippen LogP contribution in [0.3, 0.4) is 0 Å². The summed E-state index contributed by atoms with van der Waals surface area (Å²) in [6.45, 7) is 4.94. The van der Waals surface area contributed by atoms with E-state index in [2.05, 4.69) is 5.32 Å². The van der Waals surface area contributed by atoms with Gasteiger partial charge in [-0.2, -0.15) is 0 Å². The summed E-state index contributed by atoms with van der Waals surface area (Å²) in [4.78, 5) is 28.1. The maximum absolute atomic E-state index is 13.8. The first kappa shape index (κ1) is 28.8. The Kier molecular flexibility index (Phi) is 9.45. The number of hydrogen-bond donors (Lipinski definition) is 1. The molecule has 7 nitrogen and oxygen atoms in total. The standard InChI is InChI=1S/C27H31Cl2N3O4S/c1-5-18(2)30-27(34)19(3)31(16-21-13-14-22(28)15-24(21)29)26(33)17-32(37(4,35)36)25-12-8-10-20-9-6-7-11-23(20)25/h6-15,18-19H,5,16-17H2,1-4H3,(H,30,34)/t18-,19-/m0/s1. The number of rotatable bonds is 10. The highest BCUT2D eigenvalue weighted by Crippen LogP contribution is 2.29. The van der Waals surface area contributed by atoms with Crippen molar-refractivity contribution in [2.45, 2.75) is 45.8 Å². The number of hydrogen-bond acceptors (Lipinski definition) is 4. The van der Waals surface area contributed by atoms with Gasteiger partial charge in [-0.1, -0.05) is 72.6 Å². The van der Waals surface area contributed by atoms with Gasteiger partial charge in [-0.3, -0.25) is 13.9 Å². The molecule has 10 heteroatoms. The first-order valence-corrected chi connectivity index (χ1v) is 14.5. The van der Waals surface area contributed by atoms with Crippen molar-refractivity contribution in [2.75, 3.05) is 17.1 Å². The lowest BCUT2D eigenvalue weighted by Crippen LogP contribution is -2.52. The maximum Gasteiger partial charge on any atom is 0.244 e. The van der Waals surface area contributed by atoms with Crippen LogP contribution >= 0.6 is 23.2 Å². The Balaban J connectivity index is 2.01. The third-order valence-corrected chi connectivity index (χ3v) is 7.95. The topological polar surface area (TPSA) is 86.8 Å². The number of carbonyl (C=O) groups is 2. The molecular formula is C27H31Cl2N3O4S. The number of benzene rings is 3. The normalized spacial score (nSPS) is 13.1. The Morgan fingerprint density at radius 1 is 1.00 bits per heavy atom. The molecular weight excluding hydrogens is 533 g/mol. The summed E-state index contributed by atoms with van der Waals surface area (Å²) in [6.07, 6.45) is 1.78. The van der Waals surface area contributed by atoms with E-state index in [1.165, 1.54) is 4.90 Å². The lowest BCUT2D eigenvalue weighted by molar-refractivity contribution is -0.139. The molecule has 0 spiro atoms. The van der Waals surface area contributed by atoms with Gasteiger partial charge < -0.3 is 10.2 Å². The SMILES string of the molecule is CC[C@H](C)NC(=O)[C@H](C)N(Cc1ccc(Cl)cc1Cl)C(=O)CN(c1cccc2ccccc12)S(C)(=O)=O. The minimum atomic E-state index is -3.85. The van der Waals surface area contributed by atoms with Gasteiger partial charge in [-0.15, -0.1) is 0 Å². The number of nitrogens with zero attached hydrogens (tertiary/aromatic N) is 2. The summed E-state index contributed by atoms with van der Waals surface area (Å²) in [6, 6.07) is 16.5. The molecule has 2 atom stereocenters. The highest BCUT2D eigenvalue weighted by atomic mass is 35.5. The lowest BCUT2D eigenvalue weighted by atomic mass is 10.1. The number of nitrogens with one attached hydrogen (secondary N) is 1. The number of amides is 2. The highest BCUT2D eigenvalue weighted by Gasteiger charge is 2.31. The van der Waals surface area contributed by atoms with Crippen molar-refractivity contribution in [1.82, 2.24) is 10.2 Å². The van der Waals surface area contributed by atoms with Crippen LogP contribution in [-0.2, 0) is 26.2 Å². The minimum absolute atomic E-state index is 0.00291. The third-order valence-electron chi connectivity index (χ3n) is 6.24. The smallest absolute Gasteiger partial charge is 0.244 e. The molecule has 3 rings (SSSR count). The molecule has 0 aliphatic heterocycles. The monoisotopic (exact) mass is 563 g/mol. The second-order valence-electron chi connectivity index (χ2n) is 9.02. The summed E-state index contributed by atoms with van der Waals surface area (Å²) < 4.78 is 26.9. The predicted octanol–water partition coefficient (Wildman–Crippen LogP) is 5.24. The second kappa shape index (κ2) is 12.2. The van der Waals surface area contributed by atoms with Gasteiger partial charge >= 0.3 is 0 Å². The number of sulfonamides is 1. The fourth-order valence-electron chi connectivity index (χ4n) is 3.90. The van der Waals surface area contributed by atoms with E-state index in [1.807, 2.05) is 38.1 Å². The largest absolute Gasteiger partial charge is 0.352 e. The van der Waals surface area contributed by atoms with Gasteiger partial charge in [0, 0.05) is 28.0 Å². The summed E-state index contributed by atoms with van der Waals surface area (Å²) in [7, 11) is -3.85. The maximum atomic E-state index is 13.8. The number of halogens is 2. The van der Waals surface area contributed by atoms with Crippen molar-refractivity contribution in [3.8, 4) is 0 Å². The molecule has 0 fully saturated rings. The zero-order valence-corrected chi connectivity index (χ0v) is 23.6. The molecule has 0 bridgehead atoms. The molecule has 0 saturated carbocycles. The molecule has 3 aromatic carbocycles. The zero-order chi connectivity index (χ0) is 27.3. The van der Waals surface area contributed by atoms with Crippen molar-refractivity contribution in [3.63, 3.8) is 0 Å². The van der Waals surface area contributed by atoms with Crippen molar-refractivity contribution in [3.05, 3.63) is 76.3 Å². The minimum Gasteiger partial charge on any atom is -0.352 e. The van der Waals surface area contributed by atoms with Crippen molar-refractivity contribution >= 4 is 61.5 Å². The van der Waals surface area contributed by atoms with Crippen LogP contribution in [0.1, 0.15) is 32.8 Å². The summed E-state index contributed by atoms with van der Waals surface area (Å²) in [5.74, 6) is -0.889. The van der Waals surface area contributed by atoms with E-state index >= 15 is 0 Å². The predicted molar refractivity (Wildman–Crippen MR) is 151 cm³/mol. The van der Waals surface area contributed by atoms with Crippen LogP contribution in [0.4, 0.5) is 5.69 Å². The number of anilines is 1. The van der Waals surface area contributed by atoms with Crippen molar-refractivity contribution in [1.29, 1.82) is 0 Å². The molecule has 3 aromatic rings. The summed E-state index contributed by atoms with van der Waals surface area (Å²) in [5.41, 5.74) is 0.966. The van der Waals surface area contributed by atoms with Gasteiger partial charge in [-0.25, -0.2) is 8.42 Å². The molecule has 37 heavy (non-hydrogen) atoms. The van der Waals surface area contributed by atoms with E-state index < -0.39 is 28.5 Å². The van der Waals surface area contributed by atoms with Crippen LogP contribution in [0, 0.1) is 0 Å². The van der Waals surface area contributed by atoms with Gasteiger partial charge in [0.15, 0.2) is 0 Å². The molecule has 0 saturated heterocycles. The quantitative estimate of drug-likeness (QED) is 0.365. The summed E-state index contributed by atoms with van der Waals surface area (Å²) in [5, 5.41) is 5.21. The second-order valence-corrected chi connectivity index (χ2v) is 11.8. The van der Waals surface area contributed by atoms with Crippen LogP contribution in [0.2, 0.25) is 10.0 Å². The van der Waals surface area contributed by atoms with E-state index in [-0.39, 0.29) is 18.5 Å². The van der Waals surface area contributed by atoms with Gasteiger partial charge in [0.2, 0.25) is 21.8 Å². The van der Waals surface area contributed by atoms with E-state index in [4.69, 9.17) is 23.2 Å². The van der Waals surface area contributed by atoms with Crippen LogP contribution in [-0.4, -0.2) is 50.0 Å². The Bertz CT molecular complexity index is 1390. The van der Waals surface area contributed by atoms with Crippen LogP contribution in [0.25, 0.3) is 10.8 Å². The molecule has 198 valence electrons. The first-order chi connectivity index (χ1) is 17.4. The number of carbonyl (C=O) groups excluding carboxylic acids is 2. The molecule has 2 amide bonds. The van der Waals surface area contributed by atoms with E-state index in [0.29, 0.717) is 26.7 Å². The average molecular weight is 565 g/mol. The fourth-order valence-corrected chi connectivity index (χ4v) is 5.23. The highest BCUT2D eigenvalue weighted by molar-refractivity contribution is 7.92. The summed E-state index contributed by atoms with van der Waals surface area (Å²) >= 11 is 12.4. The van der Waals surface area contributed by atoms with Crippen LogP contribution in [0.5, 0.6) is 0 Å². The van der Waals surface area contributed by atoms with Crippen LogP contribution < -0.4 is 9.62 Å². The molecule has 0 aromatic heterocycles. The molecule has 1 N–H and O–H groups in total. The molecule has 0 aliphatic carbocycles. The Morgan fingerprint density at radius 2 is 1.68 bits per heavy atom. The van der Waals surface area contributed by atoms with Crippen molar-refractivity contribution < 1.29 is 18.0 Å². The Hall–Kier alpha value is -2.81. The average Bonchev–Trinajstić information content (AvgIpc) is 2.85. The zero-order valence-electron chi connectivity index (χ0n) is 21.2. The van der Waals surface area contributed by atoms with Gasteiger partial charge in [0.05, 0.1) is 11.9 Å². The third kappa shape index (κ3) is 7.15. The van der Waals surface area contributed by atoms with Gasteiger partial charge in [0.25, 0.3) is 0 Å². The van der Waals surface area contributed by atoms with E-state index in [0.717, 1.165) is 22.4 Å². The molecule has 0 radical (unpaired) electrons. The van der Waals surface area contributed by atoms with Gasteiger partial charge in [-0.05, 0) is 49.4 Å². The molecule has 0 aliphatic rings. The molecule has 0 unspecified atom stereocenters. The van der Waals surface area contributed by atoms with E-state index in [9.17, 15) is 18.0 Å². The van der Waals surface area contributed by atoms with Gasteiger partial charge in [0.1, 0.15) is 12.6 Å². The Labute approximate surface area is 228 Å². The van der Waals surface area contributed by atoms with E-state index in [1.54, 1.807) is 43.3 Å². The van der Waals surface area contributed by atoms with Crippen molar-refractivity contribution in [2.24, 2.45) is 0 Å². The fraction of sp³-hybridized carbons (Fsp3) is 0.333. The first-order valence-electron chi connectivity index (χ1n) is 11.9. The Morgan fingerprint density at radius 3 is 2.32 bits per heavy atom.